The predicted octanol–water partition coefficient (Wildman–Crippen LogP) is 0.153. The maximum atomic E-state index is 11.9. The van der Waals surface area contributed by atoms with Crippen LogP contribution in [0.15, 0.2) is 46.1 Å². The highest BCUT2D eigenvalue weighted by atomic mass is 32.2. The molecule has 7 nitrogen and oxygen atoms in total. The van der Waals surface area contributed by atoms with E-state index in [2.05, 4.69) is 14.9 Å². The molecule has 4 N–H and O–H groups in total. The summed E-state index contributed by atoms with van der Waals surface area (Å²) in [7, 11) is -3.73. The van der Waals surface area contributed by atoms with E-state index < -0.39 is 15.6 Å². The van der Waals surface area contributed by atoms with Crippen LogP contribution in [-0.4, -0.2) is 18.6 Å². The van der Waals surface area contributed by atoms with E-state index in [0.29, 0.717) is 5.69 Å². The zero-order chi connectivity index (χ0) is 13.2. The summed E-state index contributed by atoms with van der Waals surface area (Å²) in [5.41, 5.74) is 5.53. The van der Waals surface area contributed by atoms with Gasteiger partial charge in [-0.25, -0.2) is 13.5 Å². The molecule has 0 radical (unpaired) electrons. The number of nitrogens with two attached hydrogens (primary N) is 1. The molecule has 0 fully saturated rings. The van der Waals surface area contributed by atoms with E-state index in [-0.39, 0.29) is 10.7 Å². The highest BCUT2D eigenvalue weighted by molar-refractivity contribution is 7.92. The second kappa shape index (κ2) is 4.49. The van der Waals surface area contributed by atoms with Gasteiger partial charge in [-0.15, -0.1) is 0 Å². The zero-order valence-electron chi connectivity index (χ0n) is 9.12. The monoisotopic (exact) mass is 266 g/mol. The van der Waals surface area contributed by atoms with Crippen LogP contribution in [-0.2, 0) is 10.0 Å². The Morgan fingerprint density at radius 2 is 1.78 bits per heavy atom. The van der Waals surface area contributed by atoms with Crippen molar-refractivity contribution in [2.45, 2.75) is 4.90 Å². The molecular formula is C10H10N4O3S. The van der Waals surface area contributed by atoms with E-state index in [1.165, 1.54) is 36.4 Å². The molecule has 94 valence electrons. The third kappa shape index (κ3) is 2.66. The first-order chi connectivity index (χ1) is 8.47. The molecule has 1 aromatic carbocycles. The average molecular weight is 266 g/mol. The molecule has 0 bridgehead atoms. The van der Waals surface area contributed by atoms with Crippen LogP contribution in [0.25, 0.3) is 0 Å². The van der Waals surface area contributed by atoms with Crippen LogP contribution in [0.4, 0.5) is 11.5 Å². The van der Waals surface area contributed by atoms with Crippen molar-refractivity contribution in [1.29, 1.82) is 0 Å². The number of nitrogens with one attached hydrogen (secondary N) is 2. The number of hydrogen-bond acceptors (Lipinski definition) is 5. The summed E-state index contributed by atoms with van der Waals surface area (Å²) in [4.78, 5) is 10.8. The van der Waals surface area contributed by atoms with E-state index in [4.69, 9.17) is 5.73 Å². The lowest BCUT2D eigenvalue weighted by Crippen LogP contribution is -2.16. The third-order valence-corrected chi connectivity index (χ3v) is 3.48. The van der Waals surface area contributed by atoms with Crippen molar-refractivity contribution in [1.82, 2.24) is 10.2 Å². The first kappa shape index (κ1) is 12.1. The molecule has 0 atom stereocenters. The van der Waals surface area contributed by atoms with Crippen molar-refractivity contribution in [2.24, 2.45) is 0 Å². The number of hydrogen-bond donors (Lipinski definition) is 3. The number of nitrogens with zero attached hydrogens (tertiary/aromatic N) is 1. The van der Waals surface area contributed by atoms with Crippen LogP contribution in [0.2, 0.25) is 0 Å². The Morgan fingerprint density at radius 3 is 2.33 bits per heavy atom. The molecule has 1 aromatic heterocycles. The number of rotatable bonds is 3. The van der Waals surface area contributed by atoms with Crippen molar-refractivity contribution in [3.63, 3.8) is 0 Å². The van der Waals surface area contributed by atoms with Crippen molar-refractivity contribution in [2.75, 3.05) is 10.5 Å². The molecule has 0 aliphatic rings. The summed E-state index contributed by atoms with van der Waals surface area (Å²) in [6.07, 6.45) is 0. The van der Waals surface area contributed by atoms with Crippen molar-refractivity contribution in [3.8, 4) is 0 Å². The van der Waals surface area contributed by atoms with Gasteiger partial charge in [0.2, 0.25) is 0 Å². The van der Waals surface area contributed by atoms with E-state index in [1.54, 1.807) is 0 Å². The summed E-state index contributed by atoms with van der Waals surface area (Å²) in [6, 6.07) is 8.16. The second-order valence-electron chi connectivity index (χ2n) is 3.48. The highest BCUT2D eigenvalue weighted by Crippen LogP contribution is 2.14. The Labute approximate surface area is 103 Å². The van der Waals surface area contributed by atoms with E-state index in [1.807, 2.05) is 0 Å². The minimum atomic E-state index is -3.73. The molecule has 0 aliphatic heterocycles. The molecule has 0 saturated heterocycles. The quantitative estimate of drug-likeness (QED) is 0.683. The molecule has 0 unspecified atom stereocenters. The molecule has 2 rings (SSSR count). The van der Waals surface area contributed by atoms with Crippen LogP contribution in [0.3, 0.4) is 0 Å². The van der Waals surface area contributed by atoms with Gasteiger partial charge in [-0.05, 0) is 30.3 Å². The van der Waals surface area contributed by atoms with Gasteiger partial charge in [0.05, 0.1) is 4.90 Å². The largest absolute Gasteiger partial charge is 0.399 e. The number of sulfonamides is 1. The first-order valence-electron chi connectivity index (χ1n) is 4.91. The fourth-order valence-electron chi connectivity index (χ4n) is 1.24. The Hall–Kier alpha value is -2.35. The van der Waals surface area contributed by atoms with Crippen molar-refractivity contribution >= 4 is 21.5 Å². The summed E-state index contributed by atoms with van der Waals surface area (Å²) in [5, 5.41) is 5.68. The molecule has 0 saturated carbocycles. The van der Waals surface area contributed by atoms with Crippen LogP contribution in [0, 0.1) is 0 Å². The maximum Gasteiger partial charge on any atom is 0.264 e. The highest BCUT2D eigenvalue weighted by Gasteiger charge is 2.14. The maximum absolute atomic E-state index is 11.9. The van der Waals surface area contributed by atoms with Gasteiger partial charge in [0.25, 0.3) is 15.6 Å². The molecule has 0 amide bonds. The third-order valence-electron chi connectivity index (χ3n) is 2.11. The minimum absolute atomic E-state index is 0.0337. The number of anilines is 2. The predicted molar refractivity (Wildman–Crippen MR) is 66.5 cm³/mol. The SMILES string of the molecule is Nc1ccc(S(=O)(=O)Nc2ccc(=O)[nH]n2)cc1. The Balaban J connectivity index is 2.29. The Bertz CT molecular complexity index is 686. The fourth-order valence-corrected chi connectivity index (χ4v) is 2.25. The lowest BCUT2D eigenvalue weighted by molar-refractivity contribution is 0.601. The second-order valence-corrected chi connectivity index (χ2v) is 5.16. The number of aromatic nitrogens is 2. The number of H-pyrrole nitrogens is 1. The summed E-state index contributed by atoms with van der Waals surface area (Å²) in [6.45, 7) is 0. The number of nitrogen functional groups attached to an aromatic ring is 1. The molecular weight excluding hydrogens is 256 g/mol. The van der Waals surface area contributed by atoms with Crippen molar-refractivity contribution in [3.05, 3.63) is 46.8 Å². The van der Waals surface area contributed by atoms with E-state index >= 15 is 0 Å². The average Bonchev–Trinajstić information content (AvgIpc) is 2.32. The topological polar surface area (TPSA) is 118 Å². The molecule has 0 spiro atoms. The lowest BCUT2D eigenvalue weighted by Gasteiger charge is -2.06. The van der Waals surface area contributed by atoms with E-state index in [0.717, 1.165) is 0 Å². The van der Waals surface area contributed by atoms with Crippen LogP contribution in [0.5, 0.6) is 0 Å². The van der Waals surface area contributed by atoms with E-state index in [9.17, 15) is 13.2 Å². The minimum Gasteiger partial charge on any atom is -0.399 e. The van der Waals surface area contributed by atoms with Crippen LogP contribution >= 0.6 is 0 Å². The lowest BCUT2D eigenvalue weighted by atomic mass is 10.3. The number of aromatic amines is 1. The summed E-state index contributed by atoms with van der Waals surface area (Å²) in [5.74, 6) is 0.0337. The van der Waals surface area contributed by atoms with Gasteiger partial charge in [0, 0.05) is 11.8 Å². The van der Waals surface area contributed by atoms with Gasteiger partial charge in [0.15, 0.2) is 5.82 Å². The molecule has 2 aromatic rings. The first-order valence-corrected chi connectivity index (χ1v) is 6.40. The molecule has 8 heteroatoms. The Kier molecular flexibility index (Phi) is 3.02. The molecule has 0 aliphatic carbocycles. The zero-order valence-corrected chi connectivity index (χ0v) is 9.94. The summed E-state index contributed by atoms with van der Waals surface area (Å²) < 4.78 is 26.1. The Morgan fingerprint density at radius 1 is 1.11 bits per heavy atom. The van der Waals surface area contributed by atoms with Gasteiger partial charge in [-0.3, -0.25) is 9.52 Å². The van der Waals surface area contributed by atoms with Gasteiger partial charge >= 0.3 is 0 Å². The van der Waals surface area contributed by atoms with Crippen LogP contribution < -0.4 is 16.0 Å². The van der Waals surface area contributed by atoms with Gasteiger partial charge in [0.1, 0.15) is 0 Å². The van der Waals surface area contributed by atoms with Gasteiger partial charge < -0.3 is 5.73 Å². The van der Waals surface area contributed by atoms with Gasteiger partial charge in [-0.2, -0.15) is 5.10 Å². The van der Waals surface area contributed by atoms with Gasteiger partial charge in [-0.1, -0.05) is 0 Å². The number of benzene rings is 1. The normalized spacial score (nSPS) is 11.1. The van der Waals surface area contributed by atoms with Crippen molar-refractivity contribution < 1.29 is 8.42 Å². The summed E-state index contributed by atoms with van der Waals surface area (Å²) >= 11 is 0. The van der Waals surface area contributed by atoms with Crippen LogP contribution in [0.1, 0.15) is 0 Å². The molecule has 18 heavy (non-hydrogen) atoms. The molecule has 1 heterocycles. The fraction of sp³-hybridized carbons (Fsp3) is 0. The smallest absolute Gasteiger partial charge is 0.264 e. The standard InChI is InChI=1S/C10H10N4O3S/c11-7-1-3-8(4-2-7)18(16,17)14-9-5-6-10(15)13-12-9/h1-6H,11H2,(H,12,14)(H,13,15).